The summed E-state index contributed by atoms with van der Waals surface area (Å²) in [5.41, 5.74) is 0. The van der Waals surface area contributed by atoms with Gasteiger partial charge in [-0.2, -0.15) is 5.10 Å². The van der Waals surface area contributed by atoms with Crippen molar-refractivity contribution in [1.82, 2.24) is 9.78 Å². The van der Waals surface area contributed by atoms with Crippen molar-refractivity contribution in [2.45, 2.75) is 25.3 Å². The highest BCUT2D eigenvalue weighted by molar-refractivity contribution is 7.91. The van der Waals surface area contributed by atoms with Crippen molar-refractivity contribution in [3.05, 3.63) is 34.7 Å². The summed E-state index contributed by atoms with van der Waals surface area (Å²) < 4.78 is 24.8. The minimum atomic E-state index is -2.99. The Bertz CT molecular complexity index is 765. The molecule has 22 heavy (non-hydrogen) atoms. The van der Waals surface area contributed by atoms with E-state index in [9.17, 15) is 13.2 Å². The quantitative estimate of drug-likeness (QED) is 0.924. The molecule has 6 nitrogen and oxygen atoms in total. The molecule has 2 unspecified atom stereocenters. The molecule has 0 aliphatic carbocycles. The van der Waals surface area contributed by atoms with Crippen LogP contribution in [-0.2, 0) is 14.6 Å². The lowest BCUT2D eigenvalue weighted by atomic mass is 10.1. The van der Waals surface area contributed by atoms with Gasteiger partial charge in [-0.15, -0.1) is 11.3 Å². The lowest BCUT2D eigenvalue weighted by Gasteiger charge is -2.15. The first-order chi connectivity index (χ1) is 10.5. The first-order valence-electron chi connectivity index (χ1n) is 7.04. The van der Waals surface area contributed by atoms with E-state index in [4.69, 9.17) is 0 Å². The maximum absolute atomic E-state index is 12.3. The second-order valence-electron chi connectivity index (χ2n) is 5.44. The van der Waals surface area contributed by atoms with Crippen molar-refractivity contribution in [1.29, 1.82) is 0 Å². The Hall–Kier alpha value is -1.67. The number of aromatic nitrogens is 2. The molecule has 0 radical (unpaired) electrons. The highest BCUT2D eigenvalue weighted by Gasteiger charge is 2.31. The van der Waals surface area contributed by atoms with E-state index in [0.29, 0.717) is 12.2 Å². The number of sulfone groups is 1. The number of rotatable bonds is 4. The second-order valence-corrected chi connectivity index (χ2v) is 8.65. The van der Waals surface area contributed by atoms with E-state index in [0.717, 1.165) is 4.88 Å². The van der Waals surface area contributed by atoms with Crippen molar-refractivity contribution >= 4 is 32.9 Å². The molecule has 2 aromatic rings. The molecular formula is C14H17N3O3S2. The minimum Gasteiger partial charge on any atom is -0.310 e. The van der Waals surface area contributed by atoms with Crippen LogP contribution in [0.4, 0.5) is 5.82 Å². The standard InChI is InChI=1S/C14H17N3O3S2/c1-10(12-3-2-7-21-12)14(18)16-13-4-6-15-17(13)11-5-8-22(19,20)9-11/h2-4,6-7,10-11H,5,8-9H2,1H3,(H,16,18). The Morgan fingerprint density at radius 3 is 2.95 bits per heavy atom. The van der Waals surface area contributed by atoms with E-state index in [1.54, 1.807) is 16.9 Å². The van der Waals surface area contributed by atoms with Gasteiger partial charge in [-0.3, -0.25) is 4.79 Å². The molecule has 2 aromatic heterocycles. The Morgan fingerprint density at radius 1 is 1.50 bits per heavy atom. The van der Waals surface area contributed by atoms with E-state index in [1.165, 1.54) is 11.3 Å². The van der Waals surface area contributed by atoms with Crippen molar-refractivity contribution in [2.24, 2.45) is 0 Å². The molecule has 1 N–H and O–H groups in total. The zero-order chi connectivity index (χ0) is 15.7. The fraction of sp³-hybridized carbons (Fsp3) is 0.429. The number of carbonyl (C=O) groups is 1. The highest BCUT2D eigenvalue weighted by Crippen LogP contribution is 2.27. The van der Waals surface area contributed by atoms with Gasteiger partial charge in [-0.25, -0.2) is 13.1 Å². The normalized spacial score (nSPS) is 21.6. The van der Waals surface area contributed by atoms with Gasteiger partial charge in [-0.1, -0.05) is 6.07 Å². The fourth-order valence-corrected chi connectivity index (χ4v) is 5.05. The molecule has 0 bridgehead atoms. The van der Waals surface area contributed by atoms with Crippen LogP contribution in [0.1, 0.15) is 30.2 Å². The number of thiophene rings is 1. The molecule has 118 valence electrons. The maximum Gasteiger partial charge on any atom is 0.233 e. The topological polar surface area (TPSA) is 81.1 Å². The molecule has 0 aromatic carbocycles. The smallest absolute Gasteiger partial charge is 0.233 e. The van der Waals surface area contributed by atoms with Crippen LogP contribution >= 0.6 is 11.3 Å². The summed E-state index contributed by atoms with van der Waals surface area (Å²) in [6, 6.07) is 5.34. The predicted molar refractivity (Wildman–Crippen MR) is 85.9 cm³/mol. The monoisotopic (exact) mass is 339 g/mol. The number of anilines is 1. The van der Waals surface area contributed by atoms with E-state index >= 15 is 0 Å². The van der Waals surface area contributed by atoms with Crippen LogP contribution < -0.4 is 5.32 Å². The summed E-state index contributed by atoms with van der Waals surface area (Å²) in [5, 5.41) is 8.97. The first-order valence-corrected chi connectivity index (χ1v) is 9.74. The van der Waals surface area contributed by atoms with Gasteiger partial charge in [0.2, 0.25) is 5.91 Å². The molecule has 2 atom stereocenters. The molecule has 0 saturated carbocycles. The van der Waals surface area contributed by atoms with Crippen molar-refractivity contribution in [2.75, 3.05) is 16.8 Å². The maximum atomic E-state index is 12.3. The van der Waals surface area contributed by atoms with Crippen molar-refractivity contribution < 1.29 is 13.2 Å². The Balaban J connectivity index is 1.74. The zero-order valence-corrected chi connectivity index (χ0v) is 13.7. The van der Waals surface area contributed by atoms with Gasteiger partial charge >= 0.3 is 0 Å². The van der Waals surface area contributed by atoms with E-state index in [1.807, 2.05) is 24.4 Å². The van der Waals surface area contributed by atoms with Crippen LogP contribution in [-0.4, -0.2) is 35.6 Å². The highest BCUT2D eigenvalue weighted by atomic mass is 32.2. The Morgan fingerprint density at radius 2 is 2.32 bits per heavy atom. The summed E-state index contributed by atoms with van der Waals surface area (Å²) in [7, 11) is -2.99. The third-order valence-corrected chi connectivity index (χ3v) is 6.64. The number of carbonyl (C=O) groups excluding carboxylic acids is 1. The molecule has 1 aliphatic heterocycles. The van der Waals surface area contributed by atoms with E-state index in [2.05, 4.69) is 10.4 Å². The Labute approximate surface area is 133 Å². The van der Waals surface area contributed by atoms with Crippen molar-refractivity contribution in [3.63, 3.8) is 0 Å². The summed E-state index contributed by atoms with van der Waals surface area (Å²) in [6.07, 6.45) is 2.11. The van der Waals surface area contributed by atoms with Gasteiger partial charge in [0.1, 0.15) is 5.82 Å². The van der Waals surface area contributed by atoms with Crippen molar-refractivity contribution in [3.8, 4) is 0 Å². The number of hydrogen-bond donors (Lipinski definition) is 1. The zero-order valence-electron chi connectivity index (χ0n) is 12.1. The second kappa shape index (κ2) is 5.85. The van der Waals surface area contributed by atoms with Gasteiger partial charge < -0.3 is 5.32 Å². The van der Waals surface area contributed by atoms with Crippen LogP contribution in [0, 0.1) is 0 Å². The molecule has 1 aliphatic rings. The predicted octanol–water partition coefficient (Wildman–Crippen LogP) is 2.05. The first kappa shape index (κ1) is 15.2. The molecule has 8 heteroatoms. The number of amides is 1. The number of nitrogens with zero attached hydrogens (tertiary/aromatic N) is 2. The largest absolute Gasteiger partial charge is 0.310 e. The number of nitrogens with one attached hydrogen (secondary N) is 1. The van der Waals surface area contributed by atoms with Gasteiger partial charge in [-0.05, 0) is 24.8 Å². The summed E-state index contributed by atoms with van der Waals surface area (Å²) in [5.74, 6) is 0.436. The van der Waals surface area contributed by atoms with Gasteiger partial charge in [0.15, 0.2) is 9.84 Å². The lowest BCUT2D eigenvalue weighted by Crippen LogP contribution is -2.22. The molecule has 1 fully saturated rings. The SMILES string of the molecule is CC(C(=O)Nc1ccnn1C1CCS(=O)(=O)C1)c1cccs1. The van der Waals surface area contributed by atoms with Crippen LogP contribution in [0.3, 0.4) is 0 Å². The molecule has 3 rings (SSSR count). The van der Waals surface area contributed by atoms with Crippen LogP contribution in [0.2, 0.25) is 0 Å². The minimum absolute atomic E-state index is 0.0814. The molecule has 0 spiro atoms. The van der Waals surface area contributed by atoms with Crippen LogP contribution in [0.5, 0.6) is 0 Å². The van der Waals surface area contributed by atoms with Gasteiger partial charge in [0.25, 0.3) is 0 Å². The molecule has 1 saturated heterocycles. The third-order valence-electron chi connectivity index (χ3n) is 3.84. The van der Waals surface area contributed by atoms with Crippen LogP contribution in [0.25, 0.3) is 0 Å². The lowest BCUT2D eigenvalue weighted by molar-refractivity contribution is -0.117. The molecule has 3 heterocycles. The number of hydrogen-bond acceptors (Lipinski definition) is 5. The third kappa shape index (κ3) is 3.07. The molecule has 1 amide bonds. The van der Waals surface area contributed by atoms with Gasteiger partial charge in [0, 0.05) is 10.9 Å². The summed E-state index contributed by atoms with van der Waals surface area (Å²) >= 11 is 1.54. The van der Waals surface area contributed by atoms with Crippen LogP contribution in [0.15, 0.2) is 29.8 Å². The average molecular weight is 339 g/mol. The van der Waals surface area contributed by atoms with E-state index in [-0.39, 0.29) is 29.4 Å². The summed E-state index contributed by atoms with van der Waals surface area (Å²) in [4.78, 5) is 13.3. The molecular weight excluding hydrogens is 322 g/mol. The van der Waals surface area contributed by atoms with E-state index < -0.39 is 9.84 Å². The fourth-order valence-electron chi connectivity index (χ4n) is 2.57. The Kier molecular flexibility index (Phi) is 4.05. The average Bonchev–Trinajstić information content (AvgIpc) is 3.18. The van der Waals surface area contributed by atoms with Gasteiger partial charge in [0.05, 0.1) is 29.7 Å². The summed E-state index contributed by atoms with van der Waals surface area (Å²) in [6.45, 7) is 1.85.